The smallest absolute Gasteiger partial charge is 0.336 e. The molecule has 0 aromatic heterocycles. The third-order valence-corrected chi connectivity index (χ3v) is 6.53. The Bertz CT molecular complexity index is 1340. The highest BCUT2D eigenvalue weighted by Gasteiger charge is 2.43. The predicted molar refractivity (Wildman–Crippen MR) is 134 cm³/mol. The van der Waals surface area contributed by atoms with E-state index in [1.807, 2.05) is 13.8 Å². The van der Waals surface area contributed by atoms with Gasteiger partial charge in [-0.15, -0.1) is 0 Å². The molecule has 0 bridgehead atoms. The Balaban J connectivity index is 1.78. The van der Waals surface area contributed by atoms with Crippen molar-refractivity contribution in [1.82, 2.24) is 5.32 Å². The average Bonchev–Trinajstić information content (AvgIpc) is 2.81. The van der Waals surface area contributed by atoms with Gasteiger partial charge in [-0.3, -0.25) is 14.9 Å². The number of carbonyl (C=O) groups is 2. The molecule has 194 valence electrons. The molecule has 0 saturated heterocycles. The minimum Gasteiger partial charge on any atom is -0.482 e. The van der Waals surface area contributed by atoms with Gasteiger partial charge in [0.05, 0.1) is 17.1 Å². The van der Waals surface area contributed by atoms with Crippen LogP contribution in [0, 0.1) is 21.3 Å². The maximum atomic E-state index is 13.5. The highest BCUT2D eigenvalue weighted by molar-refractivity contribution is 6.04. The van der Waals surface area contributed by atoms with Crippen molar-refractivity contribution in [1.29, 1.82) is 0 Å². The lowest BCUT2D eigenvalue weighted by Crippen LogP contribution is -2.38. The summed E-state index contributed by atoms with van der Waals surface area (Å²) in [4.78, 5) is 37.8. The number of hydrogen-bond acceptors (Lipinski definition) is 7. The molecule has 4 rings (SSSR count). The van der Waals surface area contributed by atoms with Crippen LogP contribution < -0.4 is 10.1 Å². The monoisotopic (exact) mass is 508 g/mol. The number of esters is 1. The normalized spacial score (nSPS) is 18.7. The van der Waals surface area contributed by atoms with Crippen LogP contribution in [0.25, 0.3) is 0 Å². The number of nitrogens with one attached hydrogen (secondary N) is 1. The van der Waals surface area contributed by atoms with E-state index in [1.54, 1.807) is 26.0 Å². The zero-order valence-electron chi connectivity index (χ0n) is 21.2. The van der Waals surface area contributed by atoms with Crippen LogP contribution >= 0.6 is 0 Å². The molecule has 0 radical (unpaired) electrons. The van der Waals surface area contributed by atoms with Gasteiger partial charge in [-0.1, -0.05) is 32.0 Å². The maximum absolute atomic E-state index is 13.5. The van der Waals surface area contributed by atoms with Gasteiger partial charge in [0.25, 0.3) is 0 Å². The molecule has 0 amide bonds. The number of hydrogen-bond donors (Lipinski definition) is 1. The third-order valence-electron chi connectivity index (χ3n) is 6.53. The number of carbonyl (C=O) groups excluding carboxylic acids is 2. The largest absolute Gasteiger partial charge is 0.482 e. The van der Waals surface area contributed by atoms with Crippen molar-refractivity contribution in [3.8, 4) is 5.75 Å². The summed E-state index contributed by atoms with van der Waals surface area (Å²) in [5.41, 5.74) is 2.27. The van der Waals surface area contributed by atoms with E-state index in [2.05, 4.69) is 5.32 Å². The van der Waals surface area contributed by atoms with Crippen molar-refractivity contribution in [2.75, 3.05) is 6.61 Å². The van der Waals surface area contributed by atoms with Crippen LogP contribution in [-0.4, -0.2) is 23.3 Å². The molecule has 1 heterocycles. The van der Waals surface area contributed by atoms with Gasteiger partial charge < -0.3 is 14.8 Å². The molecule has 9 heteroatoms. The summed E-state index contributed by atoms with van der Waals surface area (Å²) in [5.74, 6) is -1.97. The van der Waals surface area contributed by atoms with Crippen LogP contribution in [0.4, 0.5) is 10.1 Å². The van der Waals surface area contributed by atoms with Gasteiger partial charge in [-0.05, 0) is 55.0 Å². The van der Waals surface area contributed by atoms with Gasteiger partial charge in [0.2, 0.25) is 0 Å². The first kappa shape index (κ1) is 26.1. The lowest BCUT2D eigenvalue weighted by molar-refractivity contribution is -0.386. The summed E-state index contributed by atoms with van der Waals surface area (Å²) >= 11 is 0. The summed E-state index contributed by atoms with van der Waals surface area (Å²) in [7, 11) is 0. The number of Topliss-reactive ketones (excluding diaryl/α,β-unsaturated/α-hetero) is 1. The first-order valence-electron chi connectivity index (χ1n) is 12.1. The number of nitrogens with zero attached hydrogens (tertiary/aromatic N) is 1. The third kappa shape index (κ3) is 5.40. The summed E-state index contributed by atoms with van der Waals surface area (Å²) in [6, 6.07) is 10.2. The second-order valence-corrected chi connectivity index (χ2v) is 10.1. The van der Waals surface area contributed by atoms with Gasteiger partial charge in [-0.2, -0.15) is 0 Å². The van der Waals surface area contributed by atoms with Crippen LogP contribution in [0.3, 0.4) is 0 Å². The van der Waals surface area contributed by atoms with E-state index in [-0.39, 0.29) is 47.8 Å². The number of rotatable bonds is 7. The zero-order valence-corrected chi connectivity index (χ0v) is 21.2. The Morgan fingerprint density at radius 1 is 1.22 bits per heavy atom. The molecule has 37 heavy (non-hydrogen) atoms. The van der Waals surface area contributed by atoms with Crippen molar-refractivity contribution < 1.29 is 28.4 Å². The Morgan fingerprint density at radius 2 is 1.97 bits per heavy atom. The Labute approximate surface area is 214 Å². The molecule has 1 atom stereocenters. The van der Waals surface area contributed by atoms with E-state index in [0.717, 1.165) is 0 Å². The molecule has 0 fully saturated rings. The summed E-state index contributed by atoms with van der Waals surface area (Å²) in [5, 5.41) is 15.2. The number of halogens is 1. The van der Waals surface area contributed by atoms with E-state index in [9.17, 15) is 24.1 Å². The van der Waals surface area contributed by atoms with E-state index in [0.29, 0.717) is 34.5 Å². The van der Waals surface area contributed by atoms with Gasteiger partial charge in [0, 0.05) is 35.4 Å². The maximum Gasteiger partial charge on any atom is 0.336 e. The van der Waals surface area contributed by atoms with Crippen LogP contribution in [0.2, 0.25) is 0 Å². The number of nitro groups is 1. The fraction of sp³-hybridized carbons (Fsp3) is 0.357. The molecule has 2 aliphatic rings. The van der Waals surface area contributed by atoms with Gasteiger partial charge in [0.15, 0.2) is 11.5 Å². The van der Waals surface area contributed by atoms with E-state index in [4.69, 9.17) is 9.47 Å². The molecule has 1 aliphatic carbocycles. The summed E-state index contributed by atoms with van der Waals surface area (Å²) in [6.45, 7) is 7.50. The van der Waals surface area contributed by atoms with Crippen LogP contribution in [0.5, 0.6) is 5.75 Å². The first-order valence-corrected chi connectivity index (χ1v) is 12.1. The van der Waals surface area contributed by atoms with Gasteiger partial charge >= 0.3 is 11.7 Å². The number of ketones is 1. The molecule has 1 unspecified atom stereocenters. The lowest BCUT2D eigenvalue weighted by atomic mass is 9.68. The topological polar surface area (TPSA) is 108 Å². The Hall–Kier alpha value is -4.01. The number of benzene rings is 2. The zero-order chi connectivity index (χ0) is 26.9. The average molecular weight is 509 g/mol. The Morgan fingerprint density at radius 3 is 2.65 bits per heavy atom. The van der Waals surface area contributed by atoms with Crippen molar-refractivity contribution in [3.63, 3.8) is 0 Å². The van der Waals surface area contributed by atoms with Crippen molar-refractivity contribution in [2.45, 2.75) is 53.1 Å². The van der Waals surface area contributed by atoms with Crippen LogP contribution in [0.15, 0.2) is 65.0 Å². The van der Waals surface area contributed by atoms with Crippen molar-refractivity contribution >= 4 is 17.4 Å². The minimum atomic E-state index is -0.824. The fourth-order valence-corrected chi connectivity index (χ4v) is 5.02. The van der Waals surface area contributed by atoms with Crippen molar-refractivity contribution in [3.05, 3.63) is 92.1 Å². The number of nitro benzene ring substituents is 1. The molecule has 8 nitrogen and oxygen atoms in total. The summed E-state index contributed by atoms with van der Waals surface area (Å²) in [6.07, 6.45) is 0.880. The predicted octanol–water partition coefficient (Wildman–Crippen LogP) is 5.48. The molecule has 1 N–H and O–H groups in total. The van der Waals surface area contributed by atoms with Crippen LogP contribution in [0.1, 0.15) is 57.6 Å². The van der Waals surface area contributed by atoms with E-state index < -0.39 is 22.6 Å². The van der Waals surface area contributed by atoms with Gasteiger partial charge in [0.1, 0.15) is 12.4 Å². The second kappa shape index (κ2) is 10.2. The highest BCUT2D eigenvalue weighted by Crippen LogP contribution is 2.47. The van der Waals surface area contributed by atoms with E-state index in [1.165, 1.54) is 30.3 Å². The lowest BCUT2D eigenvalue weighted by Gasteiger charge is -2.39. The Kier molecular flexibility index (Phi) is 7.16. The number of allylic oxidation sites excluding steroid dienone is 3. The van der Waals surface area contributed by atoms with E-state index >= 15 is 0 Å². The molecule has 2 aromatic carbocycles. The number of dihydropyridines is 1. The first-order chi connectivity index (χ1) is 17.5. The van der Waals surface area contributed by atoms with Crippen LogP contribution in [-0.2, 0) is 20.9 Å². The quantitative estimate of drug-likeness (QED) is 0.300. The molecular weight excluding hydrogens is 479 g/mol. The molecule has 2 aromatic rings. The van der Waals surface area contributed by atoms with Crippen molar-refractivity contribution in [2.24, 2.45) is 5.41 Å². The second-order valence-electron chi connectivity index (χ2n) is 10.1. The molecule has 1 aliphatic heterocycles. The SMILES string of the molecule is CCOC(=O)C1=C(C)NC2=C(C(=O)CC(C)(C)C2)C1c1ccc(OCc2cccc(F)c2)c([N+](=O)[O-])c1. The van der Waals surface area contributed by atoms with Gasteiger partial charge in [-0.25, -0.2) is 9.18 Å². The highest BCUT2D eigenvalue weighted by atomic mass is 19.1. The fourth-order valence-electron chi connectivity index (χ4n) is 5.02. The molecular formula is C28H29FN2O6. The molecule has 0 saturated carbocycles. The summed E-state index contributed by atoms with van der Waals surface area (Å²) < 4.78 is 24.5. The number of ether oxygens (including phenoxy) is 2. The minimum absolute atomic E-state index is 0.00404. The standard InChI is InChI=1S/C28H29FN2O6/c1-5-36-27(33)24-16(2)30-20-13-28(3,4)14-22(32)26(20)25(24)18-9-10-23(21(12-18)31(34)35)37-15-17-7-6-8-19(29)11-17/h6-12,25,30H,5,13-15H2,1-4H3. The molecule has 0 spiro atoms.